The van der Waals surface area contributed by atoms with E-state index in [1.807, 2.05) is 38.1 Å². The molecule has 41 heavy (non-hydrogen) atoms. The molecule has 10 nitrogen and oxygen atoms in total. The Morgan fingerprint density at radius 1 is 1.05 bits per heavy atom. The molecule has 3 aromatic rings. The maximum atomic E-state index is 14.0. The van der Waals surface area contributed by atoms with Crippen molar-refractivity contribution in [3.05, 3.63) is 81.9 Å². The number of ether oxygens (including phenoxy) is 4. The first-order valence-corrected chi connectivity index (χ1v) is 13.4. The molecule has 0 N–H and O–H groups in total. The largest absolute Gasteiger partial charge is 0.493 e. The number of hydrogen-bond acceptors (Lipinski definition) is 9. The first-order chi connectivity index (χ1) is 19.8. The molecule has 2 aliphatic rings. The zero-order chi connectivity index (χ0) is 29.1. The molecule has 2 heterocycles. The van der Waals surface area contributed by atoms with Gasteiger partial charge in [-0.05, 0) is 73.0 Å². The molecular formula is C30H29ClN4O6. The molecule has 0 spiro atoms. The van der Waals surface area contributed by atoms with Crippen molar-refractivity contribution in [3.8, 4) is 17.2 Å². The fourth-order valence-corrected chi connectivity index (χ4v) is 4.98. The van der Waals surface area contributed by atoms with Crippen molar-refractivity contribution in [2.75, 3.05) is 32.4 Å². The monoisotopic (exact) mass is 576 g/mol. The standard InChI is InChI=1S/C30H29ClN4O6/c1-17(2)41-26-14-22-20(12-25(26)38-3)13-28(36)35(29(22)18-5-8-21(31)9-6-18)23-10-7-19(30(37)39-4)11-24(23)40-15-27-32-16-33-34-27/h5-12,14,17,29H,13,15-16H2,1-4H3. The molecule has 212 valence electrons. The van der Waals surface area contributed by atoms with E-state index in [2.05, 4.69) is 15.2 Å². The predicted octanol–water partition coefficient (Wildman–Crippen LogP) is 5.80. The minimum Gasteiger partial charge on any atom is -0.493 e. The first-order valence-electron chi connectivity index (χ1n) is 13.0. The summed E-state index contributed by atoms with van der Waals surface area (Å²) in [5.41, 5.74) is 3.23. The van der Waals surface area contributed by atoms with Gasteiger partial charge in [0.25, 0.3) is 0 Å². The highest BCUT2D eigenvalue weighted by atomic mass is 35.5. The van der Waals surface area contributed by atoms with Crippen LogP contribution in [0.1, 0.15) is 46.9 Å². The quantitative estimate of drug-likeness (QED) is 0.298. The summed E-state index contributed by atoms with van der Waals surface area (Å²) in [6, 6.07) is 15.4. The molecule has 5 rings (SSSR count). The average molecular weight is 577 g/mol. The zero-order valence-corrected chi connectivity index (χ0v) is 23.8. The van der Waals surface area contributed by atoms with Crippen molar-refractivity contribution in [1.82, 2.24) is 0 Å². The zero-order valence-electron chi connectivity index (χ0n) is 23.1. The highest BCUT2D eigenvalue weighted by molar-refractivity contribution is 6.30. The molecule has 0 saturated heterocycles. The SMILES string of the molecule is COC(=O)c1ccc(N2C(=O)Cc3cc(OC)c(OC(C)C)cc3C2c2ccc(Cl)cc2)c(OCC2=NCN=N2)c1. The molecule has 0 saturated carbocycles. The van der Waals surface area contributed by atoms with E-state index < -0.39 is 12.0 Å². The smallest absolute Gasteiger partial charge is 0.337 e. The van der Waals surface area contributed by atoms with E-state index in [0.717, 1.165) is 16.7 Å². The van der Waals surface area contributed by atoms with E-state index in [1.165, 1.54) is 7.11 Å². The van der Waals surface area contributed by atoms with Crippen molar-refractivity contribution < 1.29 is 28.5 Å². The molecule has 2 aliphatic heterocycles. The number of esters is 1. The van der Waals surface area contributed by atoms with Crippen molar-refractivity contribution >= 4 is 35.0 Å². The van der Waals surface area contributed by atoms with Crippen LogP contribution in [0, 0.1) is 0 Å². The summed E-state index contributed by atoms with van der Waals surface area (Å²) in [5.74, 6) is 1.10. The van der Waals surface area contributed by atoms with Crippen LogP contribution in [0.15, 0.2) is 69.8 Å². The van der Waals surface area contributed by atoms with Gasteiger partial charge in [0.05, 0.1) is 44.0 Å². The van der Waals surface area contributed by atoms with Crippen LogP contribution in [-0.4, -0.2) is 51.3 Å². The first kappa shape index (κ1) is 28.1. The minimum atomic E-state index is -0.571. The van der Waals surface area contributed by atoms with Crippen LogP contribution in [0.2, 0.25) is 5.02 Å². The number of hydrogen-bond donors (Lipinski definition) is 0. The summed E-state index contributed by atoms with van der Waals surface area (Å²) in [4.78, 5) is 32.2. The van der Waals surface area contributed by atoms with Crippen LogP contribution in [0.25, 0.3) is 0 Å². The molecule has 11 heteroatoms. The highest BCUT2D eigenvalue weighted by Crippen LogP contribution is 2.46. The van der Waals surface area contributed by atoms with Gasteiger partial charge >= 0.3 is 5.97 Å². The second-order valence-electron chi connectivity index (χ2n) is 9.68. The number of benzene rings is 3. The molecule has 1 unspecified atom stereocenters. The second-order valence-corrected chi connectivity index (χ2v) is 10.1. The van der Waals surface area contributed by atoms with E-state index in [-0.39, 0.29) is 37.3 Å². The lowest BCUT2D eigenvalue weighted by Gasteiger charge is -2.39. The summed E-state index contributed by atoms with van der Waals surface area (Å²) in [7, 11) is 2.88. The summed E-state index contributed by atoms with van der Waals surface area (Å²) in [5, 5.41) is 8.40. The van der Waals surface area contributed by atoms with Crippen molar-refractivity contribution in [1.29, 1.82) is 0 Å². The number of fused-ring (bicyclic) bond motifs is 1. The number of carbonyl (C=O) groups excluding carboxylic acids is 2. The molecule has 1 amide bonds. The number of nitrogens with zero attached hydrogens (tertiary/aromatic N) is 4. The van der Waals surface area contributed by atoms with Gasteiger partial charge in [0.15, 0.2) is 24.0 Å². The molecule has 1 atom stereocenters. The third-order valence-electron chi connectivity index (χ3n) is 6.64. The van der Waals surface area contributed by atoms with Crippen LogP contribution in [0.3, 0.4) is 0 Å². The summed E-state index contributed by atoms with van der Waals surface area (Å²) in [6.07, 6.45) is 0.00964. The van der Waals surface area contributed by atoms with Crippen LogP contribution in [0.4, 0.5) is 5.69 Å². The number of aliphatic imine (C=N–C) groups is 1. The summed E-state index contributed by atoms with van der Waals surface area (Å²) < 4.78 is 22.7. The Hall–Kier alpha value is -4.44. The van der Waals surface area contributed by atoms with Gasteiger partial charge in [-0.2, -0.15) is 5.11 Å². The normalized spacial score (nSPS) is 16.0. The number of rotatable bonds is 9. The lowest BCUT2D eigenvalue weighted by atomic mass is 9.86. The Morgan fingerprint density at radius 2 is 1.83 bits per heavy atom. The molecule has 0 aromatic heterocycles. The molecule has 0 aliphatic carbocycles. The fraction of sp³-hybridized carbons (Fsp3) is 0.300. The fourth-order valence-electron chi connectivity index (χ4n) is 4.86. The number of anilines is 1. The Labute approximate surface area is 242 Å². The highest BCUT2D eigenvalue weighted by Gasteiger charge is 2.37. The number of amides is 1. The number of methoxy groups -OCH3 is 2. The van der Waals surface area contributed by atoms with Gasteiger partial charge in [-0.15, -0.1) is 5.11 Å². The number of azo groups is 1. The molecule has 0 radical (unpaired) electrons. The van der Waals surface area contributed by atoms with Crippen LogP contribution in [-0.2, 0) is 16.0 Å². The van der Waals surface area contributed by atoms with E-state index in [9.17, 15) is 9.59 Å². The van der Waals surface area contributed by atoms with Gasteiger partial charge in [0.1, 0.15) is 12.4 Å². The van der Waals surface area contributed by atoms with Gasteiger partial charge in [-0.3, -0.25) is 9.69 Å². The lowest BCUT2D eigenvalue weighted by molar-refractivity contribution is -0.118. The molecule has 0 bridgehead atoms. The maximum Gasteiger partial charge on any atom is 0.337 e. The lowest BCUT2D eigenvalue weighted by Crippen LogP contribution is -2.41. The maximum absolute atomic E-state index is 14.0. The molecular weight excluding hydrogens is 548 g/mol. The number of amidine groups is 1. The van der Waals surface area contributed by atoms with Crippen molar-refractivity contribution in [2.24, 2.45) is 15.2 Å². The third kappa shape index (κ3) is 5.88. The number of carbonyl (C=O) groups is 2. The van der Waals surface area contributed by atoms with Crippen LogP contribution in [0.5, 0.6) is 17.2 Å². The topological polar surface area (TPSA) is 111 Å². The van der Waals surface area contributed by atoms with Gasteiger partial charge in [-0.1, -0.05) is 23.7 Å². The Kier molecular flexibility index (Phi) is 8.21. The minimum absolute atomic E-state index is 0.00886. The van der Waals surface area contributed by atoms with E-state index in [0.29, 0.717) is 33.8 Å². The second kappa shape index (κ2) is 12.0. The van der Waals surface area contributed by atoms with E-state index >= 15 is 0 Å². The van der Waals surface area contributed by atoms with E-state index in [1.54, 1.807) is 42.3 Å². The Morgan fingerprint density at radius 3 is 2.49 bits per heavy atom. The van der Waals surface area contributed by atoms with Gasteiger partial charge < -0.3 is 18.9 Å². The third-order valence-corrected chi connectivity index (χ3v) is 6.89. The van der Waals surface area contributed by atoms with Crippen LogP contribution < -0.4 is 19.1 Å². The van der Waals surface area contributed by atoms with Crippen molar-refractivity contribution in [2.45, 2.75) is 32.4 Å². The van der Waals surface area contributed by atoms with E-state index in [4.69, 9.17) is 30.5 Å². The molecule has 0 fully saturated rings. The van der Waals surface area contributed by atoms with Gasteiger partial charge in [-0.25, -0.2) is 9.79 Å². The molecule has 3 aromatic carbocycles. The van der Waals surface area contributed by atoms with Gasteiger partial charge in [0, 0.05) is 5.02 Å². The average Bonchev–Trinajstić information content (AvgIpc) is 3.49. The summed E-state index contributed by atoms with van der Waals surface area (Å²) >= 11 is 6.24. The Bertz CT molecular complexity index is 1540. The van der Waals surface area contributed by atoms with Gasteiger partial charge in [0.2, 0.25) is 5.91 Å². The van der Waals surface area contributed by atoms with Crippen LogP contribution >= 0.6 is 11.6 Å². The Balaban J connectivity index is 1.68. The number of halogens is 1. The predicted molar refractivity (Wildman–Crippen MR) is 154 cm³/mol. The van der Waals surface area contributed by atoms with Crippen molar-refractivity contribution in [3.63, 3.8) is 0 Å². The summed E-state index contributed by atoms with van der Waals surface area (Å²) in [6.45, 7) is 4.12.